The first-order valence-electron chi connectivity index (χ1n) is 5.43. The van der Waals surface area contributed by atoms with Crippen molar-refractivity contribution in [2.75, 3.05) is 18.5 Å². The second kappa shape index (κ2) is 4.73. The molecular weight excluding hydrogens is 252 g/mol. The zero-order valence-electron chi connectivity index (χ0n) is 10.2. The Balaban J connectivity index is 2.34. The first kappa shape index (κ1) is 12.5. The second-order valence-corrected chi connectivity index (χ2v) is 4.55. The number of nitrogens with zero attached hydrogens (tertiary/aromatic N) is 4. The molecule has 0 aromatic carbocycles. The Labute approximate surface area is 109 Å². The number of fused-ring (bicyclic) bond motifs is 1. The monoisotopic (exact) mass is 266 g/mol. The number of hydrogen-bond donors (Lipinski definition) is 2. The minimum Gasteiger partial charge on any atom is -0.393 e. The summed E-state index contributed by atoms with van der Waals surface area (Å²) in [5.74, 6) is 1.32. The Morgan fingerprint density at radius 1 is 1.67 bits per heavy atom. The standard InChI is InChI=1S/C10H14N6OS/c1-6-12-8(15(2)4-3-7(11)18)5-9-13-14-10(17)16(6)9/h5H,3-4H2,1-2H3,(H2,11,18)(H,14,17). The minimum atomic E-state index is -0.285. The van der Waals surface area contributed by atoms with Crippen molar-refractivity contribution in [2.24, 2.45) is 5.73 Å². The van der Waals surface area contributed by atoms with E-state index in [1.54, 1.807) is 13.0 Å². The summed E-state index contributed by atoms with van der Waals surface area (Å²) in [7, 11) is 1.89. The fraction of sp³-hybridized carbons (Fsp3) is 0.400. The lowest BCUT2D eigenvalue weighted by Crippen LogP contribution is -2.25. The van der Waals surface area contributed by atoms with Crippen LogP contribution in [0.1, 0.15) is 12.2 Å². The SMILES string of the molecule is Cc1nc(N(C)CCC(N)=S)cc2n[nH]c(=O)n12. The number of aromatic amines is 1. The number of thiocarbonyl (C=S) groups is 1. The highest BCUT2D eigenvalue weighted by molar-refractivity contribution is 7.80. The van der Waals surface area contributed by atoms with Crippen molar-refractivity contribution in [3.63, 3.8) is 0 Å². The van der Waals surface area contributed by atoms with E-state index in [9.17, 15) is 4.79 Å². The molecule has 0 aliphatic rings. The van der Waals surface area contributed by atoms with E-state index >= 15 is 0 Å². The van der Waals surface area contributed by atoms with Crippen LogP contribution in [0.3, 0.4) is 0 Å². The number of aryl methyl sites for hydroxylation is 1. The molecule has 0 unspecified atom stereocenters. The van der Waals surface area contributed by atoms with Crippen LogP contribution in [0.25, 0.3) is 5.65 Å². The van der Waals surface area contributed by atoms with Crippen LogP contribution < -0.4 is 16.3 Å². The fourth-order valence-electron chi connectivity index (χ4n) is 1.67. The van der Waals surface area contributed by atoms with E-state index in [1.807, 2.05) is 11.9 Å². The summed E-state index contributed by atoms with van der Waals surface area (Å²) in [5, 5.41) is 6.32. The Kier molecular flexibility index (Phi) is 3.28. The predicted octanol–water partition coefficient (Wildman–Crippen LogP) is -0.162. The van der Waals surface area contributed by atoms with Gasteiger partial charge in [0.25, 0.3) is 0 Å². The van der Waals surface area contributed by atoms with Crippen LogP contribution in [-0.2, 0) is 0 Å². The lowest BCUT2D eigenvalue weighted by molar-refractivity contribution is 0.866. The Hall–Kier alpha value is -1.96. The van der Waals surface area contributed by atoms with Gasteiger partial charge in [0.2, 0.25) is 0 Å². The molecule has 7 nitrogen and oxygen atoms in total. The third kappa shape index (κ3) is 2.33. The normalized spacial score (nSPS) is 10.8. The van der Waals surface area contributed by atoms with Crippen LogP contribution in [-0.4, -0.2) is 38.2 Å². The van der Waals surface area contributed by atoms with Gasteiger partial charge in [0.05, 0.1) is 4.99 Å². The van der Waals surface area contributed by atoms with Crippen molar-refractivity contribution in [1.82, 2.24) is 19.6 Å². The molecule has 0 fully saturated rings. The average Bonchev–Trinajstić information content (AvgIpc) is 2.68. The quantitative estimate of drug-likeness (QED) is 0.747. The van der Waals surface area contributed by atoms with Crippen LogP contribution in [0.5, 0.6) is 0 Å². The van der Waals surface area contributed by atoms with E-state index in [1.165, 1.54) is 4.40 Å². The lowest BCUT2D eigenvalue weighted by atomic mass is 10.4. The van der Waals surface area contributed by atoms with Crippen molar-refractivity contribution >= 4 is 28.7 Å². The number of rotatable bonds is 4. The third-order valence-electron chi connectivity index (χ3n) is 2.64. The highest BCUT2D eigenvalue weighted by atomic mass is 32.1. The van der Waals surface area contributed by atoms with E-state index in [0.29, 0.717) is 29.4 Å². The summed E-state index contributed by atoms with van der Waals surface area (Å²) < 4.78 is 1.42. The molecule has 0 atom stereocenters. The molecule has 2 aromatic rings. The van der Waals surface area contributed by atoms with Gasteiger partial charge in [-0.25, -0.2) is 19.3 Å². The third-order valence-corrected chi connectivity index (χ3v) is 2.85. The van der Waals surface area contributed by atoms with Crippen LogP contribution in [0.2, 0.25) is 0 Å². The van der Waals surface area contributed by atoms with E-state index in [2.05, 4.69) is 15.2 Å². The minimum absolute atomic E-state index is 0.285. The maximum Gasteiger partial charge on any atom is 0.349 e. The van der Waals surface area contributed by atoms with Crippen LogP contribution >= 0.6 is 12.2 Å². The number of H-pyrrole nitrogens is 1. The number of aromatic nitrogens is 4. The van der Waals surface area contributed by atoms with Gasteiger partial charge in [-0.3, -0.25) is 0 Å². The molecule has 0 amide bonds. The molecule has 0 spiro atoms. The number of nitrogens with one attached hydrogen (secondary N) is 1. The summed E-state index contributed by atoms with van der Waals surface area (Å²) in [4.78, 5) is 18.2. The Morgan fingerprint density at radius 3 is 3.06 bits per heavy atom. The number of anilines is 1. The van der Waals surface area contributed by atoms with Crippen molar-refractivity contribution in [3.05, 3.63) is 22.4 Å². The molecule has 0 radical (unpaired) electrons. The van der Waals surface area contributed by atoms with Crippen molar-refractivity contribution in [3.8, 4) is 0 Å². The number of nitrogens with two attached hydrogens (primary N) is 1. The zero-order chi connectivity index (χ0) is 13.3. The van der Waals surface area contributed by atoms with E-state index in [-0.39, 0.29) is 5.69 Å². The topological polar surface area (TPSA) is 92.3 Å². The molecule has 0 bridgehead atoms. The summed E-state index contributed by atoms with van der Waals surface area (Å²) in [6, 6.07) is 1.74. The molecule has 2 aromatic heterocycles. The Morgan fingerprint density at radius 2 is 2.39 bits per heavy atom. The highest BCUT2D eigenvalue weighted by Gasteiger charge is 2.09. The largest absolute Gasteiger partial charge is 0.393 e. The molecule has 18 heavy (non-hydrogen) atoms. The summed E-state index contributed by atoms with van der Waals surface area (Å²) in [5.41, 5.74) is 5.73. The van der Waals surface area contributed by atoms with Gasteiger partial charge in [-0.1, -0.05) is 12.2 Å². The molecule has 2 heterocycles. The first-order chi connectivity index (χ1) is 8.49. The summed E-state index contributed by atoms with van der Waals surface area (Å²) in [6.45, 7) is 2.43. The average molecular weight is 266 g/mol. The van der Waals surface area contributed by atoms with Gasteiger partial charge in [0.1, 0.15) is 11.6 Å². The Bertz CT molecular complexity index is 645. The summed E-state index contributed by atoms with van der Waals surface area (Å²) in [6.07, 6.45) is 0.616. The van der Waals surface area contributed by atoms with Gasteiger partial charge in [0, 0.05) is 26.1 Å². The molecule has 0 aliphatic carbocycles. The lowest BCUT2D eigenvalue weighted by Gasteiger charge is -2.18. The second-order valence-electron chi connectivity index (χ2n) is 4.02. The van der Waals surface area contributed by atoms with Crippen LogP contribution in [0, 0.1) is 6.92 Å². The van der Waals surface area contributed by atoms with Crippen molar-refractivity contribution in [1.29, 1.82) is 0 Å². The van der Waals surface area contributed by atoms with Gasteiger partial charge >= 0.3 is 5.69 Å². The zero-order valence-corrected chi connectivity index (χ0v) is 11.0. The van der Waals surface area contributed by atoms with Crippen LogP contribution in [0.15, 0.2) is 10.9 Å². The molecule has 96 valence electrons. The molecule has 0 saturated heterocycles. The molecule has 8 heteroatoms. The molecule has 2 rings (SSSR count). The van der Waals surface area contributed by atoms with Gasteiger partial charge < -0.3 is 10.6 Å². The predicted molar refractivity (Wildman–Crippen MR) is 73.0 cm³/mol. The van der Waals surface area contributed by atoms with Gasteiger partial charge in [-0.05, 0) is 6.92 Å². The molecular formula is C10H14N6OS. The highest BCUT2D eigenvalue weighted by Crippen LogP contribution is 2.12. The van der Waals surface area contributed by atoms with E-state index in [4.69, 9.17) is 18.0 Å². The summed E-state index contributed by atoms with van der Waals surface area (Å²) >= 11 is 4.84. The van der Waals surface area contributed by atoms with Crippen LogP contribution in [0.4, 0.5) is 5.82 Å². The number of hydrogen-bond acceptors (Lipinski definition) is 5. The van der Waals surface area contributed by atoms with Crippen molar-refractivity contribution in [2.45, 2.75) is 13.3 Å². The maximum atomic E-state index is 11.5. The smallest absolute Gasteiger partial charge is 0.349 e. The van der Waals surface area contributed by atoms with Gasteiger partial charge in [0.15, 0.2) is 5.65 Å². The maximum absolute atomic E-state index is 11.5. The van der Waals surface area contributed by atoms with Crippen molar-refractivity contribution < 1.29 is 0 Å². The first-order valence-corrected chi connectivity index (χ1v) is 5.84. The molecule has 0 aliphatic heterocycles. The van der Waals surface area contributed by atoms with E-state index < -0.39 is 0 Å². The molecule has 0 saturated carbocycles. The molecule has 3 N–H and O–H groups in total. The van der Waals surface area contributed by atoms with E-state index in [0.717, 1.165) is 5.82 Å². The van der Waals surface area contributed by atoms with Gasteiger partial charge in [-0.2, -0.15) is 5.10 Å². The van der Waals surface area contributed by atoms with Gasteiger partial charge in [-0.15, -0.1) is 0 Å². The fourth-order valence-corrected chi connectivity index (χ4v) is 1.76.